The Hall–Kier alpha value is -8.41. The first-order chi connectivity index (χ1) is 30.8. The SMILES string of the molecule is c1ccc(-c2ccc(-c3ccccc3)c(-c3ccccc3-n3c4ccccc4c4cc5c(cc43)c3ccccc3n5-c3nc(-c4ccccc4)nc(-c4ccccc4)n3)c2)cc1. The molecule has 0 aliphatic rings. The Morgan fingerprint density at radius 2 is 0.726 bits per heavy atom. The summed E-state index contributed by atoms with van der Waals surface area (Å²) >= 11 is 0. The molecule has 0 aliphatic carbocycles. The molecule has 0 saturated heterocycles. The van der Waals surface area contributed by atoms with Crippen molar-refractivity contribution in [1.82, 2.24) is 24.1 Å². The normalized spacial score (nSPS) is 11.5. The second-order valence-electron chi connectivity index (χ2n) is 15.6. The van der Waals surface area contributed by atoms with Crippen LogP contribution in [0.4, 0.5) is 0 Å². The Balaban J connectivity index is 1.13. The zero-order valence-corrected chi connectivity index (χ0v) is 33.6. The molecule has 0 aliphatic heterocycles. The van der Waals surface area contributed by atoms with Crippen LogP contribution in [0.25, 0.3) is 111 Å². The van der Waals surface area contributed by atoms with E-state index in [1.165, 1.54) is 33.2 Å². The van der Waals surface area contributed by atoms with Crippen LogP contribution in [0.5, 0.6) is 0 Å². The third-order valence-electron chi connectivity index (χ3n) is 12.0. The Labute approximate surface area is 358 Å². The van der Waals surface area contributed by atoms with Crippen molar-refractivity contribution in [2.45, 2.75) is 0 Å². The summed E-state index contributed by atoms with van der Waals surface area (Å²) in [6, 6.07) is 79.5. The van der Waals surface area contributed by atoms with Gasteiger partial charge in [-0.1, -0.05) is 188 Å². The molecule has 12 aromatic rings. The maximum Gasteiger partial charge on any atom is 0.238 e. The van der Waals surface area contributed by atoms with Gasteiger partial charge in [0.15, 0.2) is 11.6 Å². The van der Waals surface area contributed by atoms with Gasteiger partial charge in [-0.2, -0.15) is 9.97 Å². The van der Waals surface area contributed by atoms with Gasteiger partial charge in [0.2, 0.25) is 5.95 Å². The summed E-state index contributed by atoms with van der Waals surface area (Å²) in [4.78, 5) is 15.4. The van der Waals surface area contributed by atoms with Crippen LogP contribution < -0.4 is 0 Å². The molecule has 0 saturated carbocycles. The molecule has 0 N–H and O–H groups in total. The molecule has 0 spiro atoms. The summed E-state index contributed by atoms with van der Waals surface area (Å²) in [6.07, 6.45) is 0. The van der Waals surface area contributed by atoms with Gasteiger partial charge in [-0.05, 0) is 64.2 Å². The Morgan fingerprint density at radius 1 is 0.258 bits per heavy atom. The lowest BCUT2D eigenvalue weighted by Gasteiger charge is -2.18. The molecular weight excluding hydrogens is 755 g/mol. The van der Waals surface area contributed by atoms with Crippen molar-refractivity contribution in [3.05, 3.63) is 224 Å². The highest BCUT2D eigenvalue weighted by molar-refractivity contribution is 6.19. The van der Waals surface area contributed by atoms with Gasteiger partial charge in [-0.3, -0.25) is 4.57 Å². The molecule has 0 amide bonds. The van der Waals surface area contributed by atoms with E-state index in [0.717, 1.165) is 60.6 Å². The summed E-state index contributed by atoms with van der Waals surface area (Å²) in [6.45, 7) is 0. The van der Waals surface area contributed by atoms with E-state index in [2.05, 4.69) is 197 Å². The van der Waals surface area contributed by atoms with Crippen LogP contribution in [0, 0.1) is 0 Å². The standard InChI is InChI=1S/C57H37N5/c1-5-19-38(20-6-1)42-33-34-43(39-21-7-2-8-22-39)47(35-42)44-27-13-16-30-50(44)61-51-31-17-14-28-45(51)48-37-54-49(36-53(48)61)46-29-15-18-32-52(46)62(54)57-59-55(40-23-9-3-10-24-40)58-56(60-57)41-25-11-4-12-26-41/h1-37H. The van der Waals surface area contributed by atoms with Crippen molar-refractivity contribution < 1.29 is 0 Å². The number of para-hydroxylation sites is 3. The highest BCUT2D eigenvalue weighted by Gasteiger charge is 2.23. The first-order valence-electron chi connectivity index (χ1n) is 21.0. The molecule has 62 heavy (non-hydrogen) atoms. The quantitative estimate of drug-likeness (QED) is 0.162. The highest BCUT2D eigenvalue weighted by Crippen LogP contribution is 2.43. The molecule has 5 heteroatoms. The Morgan fingerprint density at radius 3 is 1.32 bits per heavy atom. The van der Waals surface area contributed by atoms with Gasteiger partial charge in [0.05, 0.1) is 27.8 Å². The fraction of sp³-hybridized carbons (Fsp3) is 0. The van der Waals surface area contributed by atoms with Crippen molar-refractivity contribution in [3.8, 4) is 67.8 Å². The fourth-order valence-corrected chi connectivity index (χ4v) is 9.15. The molecular formula is C57H37N5. The minimum atomic E-state index is 0.573. The molecule has 9 aromatic carbocycles. The molecule has 0 unspecified atom stereocenters. The van der Waals surface area contributed by atoms with Crippen molar-refractivity contribution in [2.75, 3.05) is 0 Å². The van der Waals surface area contributed by atoms with Crippen molar-refractivity contribution in [3.63, 3.8) is 0 Å². The predicted molar refractivity (Wildman–Crippen MR) is 256 cm³/mol. The van der Waals surface area contributed by atoms with Crippen molar-refractivity contribution in [2.24, 2.45) is 0 Å². The van der Waals surface area contributed by atoms with Gasteiger partial charge in [-0.15, -0.1) is 0 Å². The summed E-state index contributed by atoms with van der Waals surface area (Å²) in [5.41, 5.74) is 14.4. The lowest BCUT2D eigenvalue weighted by atomic mass is 9.90. The van der Waals surface area contributed by atoms with Crippen LogP contribution in [-0.2, 0) is 0 Å². The molecule has 3 aromatic heterocycles. The number of hydrogen-bond donors (Lipinski definition) is 0. The first-order valence-corrected chi connectivity index (χ1v) is 21.0. The third kappa shape index (κ3) is 5.90. The van der Waals surface area contributed by atoms with Gasteiger partial charge in [-0.25, -0.2) is 4.98 Å². The fourth-order valence-electron chi connectivity index (χ4n) is 9.15. The molecule has 290 valence electrons. The minimum absolute atomic E-state index is 0.573. The van der Waals surface area contributed by atoms with Crippen LogP contribution in [-0.4, -0.2) is 24.1 Å². The van der Waals surface area contributed by atoms with Crippen LogP contribution in [0.15, 0.2) is 224 Å². The van der Waals surface area contributed by atoms with E-state index in [1.54, 1.807) is 0 Å². The number of fused-ring (bicyclic) bond motifs is 6. The van der Waals surface area contributed by atoms with E-state index in [9.17, 15) is 0 Å². The average molecular weight is 792 g/mol. The zero-order chi connectivity index (χ0) is 41.0. The highest BCUT2D eigenvalue weighted by atomic mass is 15.2. The number of rotatable bonds is 7. The van der Waals surface area contributed by atoms with E-state index in [0.29, 0.717) is 17.6 Å². The monoisotopic (exact) mass is 791 g/mol. The molecule has 3 heterocycles. The molecule has 0 fully saturated rings. The minimum Gasteiger partial charge on any atom is -0.309 e. The van der Waals surface area contributed by atoms with Gasteiger partial charge >= 0.3 is 0 Å². The molecule has 0 radical (unpaired) electrons. The average Bonchev–Trinajstić information content (AvgIpc) is 3.86. The summed E-state index contributed by atoms with van der Waals surface area (Å²) in [5.74, 6) is 1.82. The Kier molecular flexibility index (Phi) is 8.42. The van der Waals surface area contributed by atoms with Crippen LogP contribution in [0.2, 0.25) is 0 Å². The van der Waals surface area contributed by atoms with E-state index < -0.39 is 0 Å². The molecule has 0 bridgehead atoms. The topological polar surface area (TPSA) is 48.5 Å². The molecule has 12 rings (SSSR count). The third-order valence-corrected chi connectivity index (χ3v) is 12.0. The summed E-state index contributed by atoms with van der Waals surface area (Å²) < 4.78 is 4.67. The van der Waals surface area contributed by atoms with Gasteiger partial charge in [0, 0.05) is 38.2 Å². The lowest BCUT2D eigenvalue weighted by molar-refractivity contribution is 0.954. The van der Waals surface area contributed by atoms with Gasteiger partial charge in [0.1, 0.15) is 0 Å². The van der Waals surface area contributed by atoms with Crippen molar-refractivity contribution in [1.29, 1.82) is 0 Å². The van der Waals surface area contributed by atoms with Crippen LogP contribution in [0.3, 0.4) is 0 Å². The first kappa shape index (κ1) is 35.5. The smallest absolute Gasteiger partial charge is 0.238 e. The Bertz CT molecular complexity index is 3550. The zero-order valence-electron chi connectivity index (χ0n) is 33.6. The number of benzene rings is 9. The van der Waals surface area contributed by atoms with E-state index >= 15 is 0 Å². The van der Waals surface area contributed by atoms with Crippen LogP contribution >= 0.6 is 0 Å². The largest absolute Gasteiger partial charge is 0.309 e. The summed E-state index contributed by atoms with van der Waals surface area (Å²) in [5, 5.41) is 4.56. The van der Waals surface area contributed by atoms with Gasteiger partial charge < -0.3 is 4.57 Å². The number of aromatic nitrogens is 5. The second kappa shape index (κ2) is 14.7. The number of hydrogen-bond acceptors (Lipinski definition) is 3. The van der Waals surface area contributed by atoms with E-state index in [4.69, 9.17) is 15.0 Å². The lowest BCUT2D eigenvalue weighted by Crippen LogP contribution is -2.06. The van der Waals surface area contributed by atoms with Gasteiger partial charge in [0.25, 0.3) is 0 Å². The van der Waals surface area contributed by atoms with E-state index in [1.807, 2.05) is 36.4 Å². The molecule has 0 atom stereocenters. The maximum absolute atomic E-state index is 5.21. The number of nitrogens with zero attached hydrogens (tertiary/aromatic N) is 5. The van der Waals surface area contributed by atoms with Crippen molar-refractivity contribution >= 4 is 43.6 Å². The second-order valence-corrected chi connectivity index (χ2v) is 15.6. The summed E-state index contributed by atoms with van der Waals surface area (Å²) in [7, 11) is 0. The maximum atomic E-state index is 5.21. The predicted octanol–water partition coefficient (Wildman–Crippen LogP) is 14.4. The molecule has 5 nitrogen and oxygen atoms in total. The van der Waals surface area contributed by atoms with Crippen LogP contribution in [0.1, 0.15) is 0 Å². The van der Waals surface area contributed by atoms with E-state index in [-0.39, 0.29) is 0 Å².